The molecule has 3 N–H and O–H groups in total. The summed E-state index contributed by atoms with van der Waals surface area (Å²) < 4.78 is 13.6. The Kier molecular flexibility index (Phi) is 5.99. The molecule has 0 bridgehead atoms. The number of halogens is 1. The topological polar surface area (TPSA) is 81.7 Å². The molecule has 0 aliphatic carbocycles. The van der Waals surface area contributed by atoms with E-state index in [0.717, 1.165) is 44.8 Å². The smallest absolute Gasteiger partial charge is 0.311 e. The molecular formula is C20H28FN3O3. The highest BCUT2D eigenvalue weighted by atomic mass is 19.1. The third-order valence-corrected chi connectivity index (χ3v) is 5.77. The van der Waals surface area contributed by atoms with E-state index in [1.54, 1.807) is 0 Å². The average molecular weight is 377 g/mol. The minimum absolute atomic E-state index is 0.0186. The first-order valence-electron chi connectivity index (χ1n) is 9.64. The quantitative estimate of drug-likeness (QED) is 0.701. The van der Waals surface area contributed by atoms with Crippen LogP contribution < -0.4 is 10.6 Å². The zero-order valence-corrected chi connectivity index (χ0v) is 15.8. The highest BCUT2D eigenvalue weighted by molar-refractivity contribution is 6.35. The van der Waals surface area contributed by atoms with Gasteiger partial charge in [-0.1, -0.05) is 6.92 Å². The van der Waals surface area contributed by atoms with Crippen LogP contribution >= 0.6 is 0 Å². The zero-order chi connectivity index (χ0) is 19.4. The average Bonchev–Trinajstić information content (AvgIpc) is 2.65. The van der Waals surface area contributed by atoms with E-state index in [1.165, 1.54) is 17.0 Å². The maximum atomic E-state index is 13.6. The molecule has 2 heterocycles. The minimum atomic E-state index is -0.572. The van der Waals surface area contributed by atoms with E-state index in [-0.39, 0.29) is 17.1 Å². The minimum Gasteiger partial charge on any atom is -0.508 e. The second kappa shape index (κ2) is 8.25. The lowest BCUT2D eigenvalue weighted by Crippen LogP contribution is -2.50. The van der Waals surface area contributed by atoms with Gasteiger partial charge >= 0.3 is 11.8 Å². The van der Waals surface area contributed by atoms with Crippen LogP contribution in [0.2, 0.25) is 0 Å². The van der Waals surface area contributed by atoms with Gasteiger partial charge < -0.3 is 20.6 Å². The number of aromatic hydroxyl groups is 1. The van der Waals surface area contributed by atoms with Gasteiger partial charge in [0.2, 0.25) is 0 Å². The van der Waals surface area contributed by atoms with E-state index in [2.05, 4.69) is 17.6 Å². The fourth-order valence-corrected chi connectivity index (χ4v) is 3.99. The number of piperidine rings is 2. The standard InChI is InChI=1S/C20H28FN3O3/c1-20(4-6-22-7-5-20)13-23-18(26)19(27)24-8-2-3-14(12-24)15-9-16(21)11-17(25)10-15/h9-11,14,22,25H,2-8,12-13H2,1H3,(H,23,26). The maximum absolute atomic E-state index is 13.6. The lowest BCUT2D eigenvalue weighted by Gasteiger charge is -2.35. The molecule has 1 aromatic carbocycles. The largest absolute Gasteiger partial charge is 0.508 e. The summed E-state index contributed by atoms with van der Waals surface area (Å²) in [6.45, 7) is 5.35. The molecule has 2 aliphatic heterocycles. The van der Waals surface area contributed by atoms with Crippen LogP contribution in [0.25, 0.3) is 0 Å². The third-order valence-electron chi connectivity index (χ3n) is 5.77. The third kappa shape index (κ3) is 4.97. The summed E-state index contributed by atoms with van der Waals surface area (Å²) in [5.41, 5.74) is 0.678. The van der Waals surface area contributed by atoms with Crippen molar-refractivity contribution < 1.29 is 19.1 Å². The molecule has 148 valence electrons. The van der Waals surface area contributed by atoms with E-state index in [0.29, 0.717) is 25.2 Å². The van der Waals surface area contributed by atoms with Gasteiger partial charge in [0.15, 0.2) is 0 Å². The Balaban J connectivity index is 1.58. The summed E-state index contributed by atoms with van der Waals surface area (Å²) in [6, 6.07) is 3.97. The number of phenolic OH excluding ortho intramolecular Hbond substituents is 1. The molecule has 6 nitrogen and oxygen atoms in total. The van der Waals surface area contributed by atoms with Crippen molar-refractivity contribution in [3.63, 3.8) is 0 Å². The molecule has 2 amide bonds. The van der Waals surface area contributed by atoms with Gasteiger partial charge in [-0.15, -0.1) is 0 Å². The monoisotopic (exact) mass is 377 g/mol. The van der Waals surface area contributed by atoms with Gasteiger partial charge in [-0.2, -0.15) is 0 Å². The SMILES string of the molecule is CC1(CNC(=O)C(=O)N2CCCC(c3cc(O)cc(F)c3)C2)CCNCC1. The lowest BCUT2D eigenvalue weighted by atomic mass is 9.81. The maximum Gasteiger partial charge on any atom is 0.311 e. The van der Waals surface area contributed by atoms with Crippen LogP contribution in [-0.2, 0) is 9.59 Å². The van der Waals surface area contributed by atoms with Crippen LogP contribution in [0.5, 0.6) is 5.75 Å². The van der Waals surface area contributed by atoms with Crippen molar-refractivity contribution in [1.82, 2.24) is 15.5 Å². The number of carbonyl (C=O) groups excluding carboxylic acids is 2. The summed E-state index contributed by atoms with van der Waals surface area (Å²) >= 11 is 0. The summed E-state index contributed by atoms with van der Waals surface area (Å²) in [5, 5.41) is 15.7. The molecule has 2 saturated heterocycles. The van der Waals surface area contributed by atoms with E-state index in [9.17, 15) is 19.1 Å². The molecule has 2 aliphatic rings. The van der Waals surface area contributed by atoms with Gasteiger partial charge in [0.05, 0.1) is 0 Å². The highest BCUT2D eigenvalue weighted by Crippen LogP contribution is 2.30. The van der Waals surface area contributed by atoms with Gasteiger partial charge in [0.1, 0.15) is 11.6 Å². The van der Waals surface area contributed by atoms with Gasteiger partial charge in [-0.25, -0.2) is 4.39 Å². The molecule has 0 saturated carbocycles. The van der Waals surface area contributed by atoms with Gasteiger partial charge in [0, 0.05) is 31.6 Å². The molecular weight excluding hydrogens is 349 g/mol. The van der Waals surface area contributed by atoms with Crippen LogP contribution in [0, 0.1) is 11.2 Å². The molecule has 7 heteroatoms. The number of hydrogen-bond acceptors (Lipinski definition) is 4. The molecule has 1 unspecified atom stereocenters. The number of carbonyl (C=O) groups is 2. The fraction of sp³-hybridized carbons (Fsp3) is 0.600. The Labute approximate surface area is 159 Å². The lowest BCUT2D eigenvalue weighted by molar-refractivity contribution is -0.146. The Morgan fingerprint density at radius 2 is 2.07 bits per heavy atom. The van der Waals surface area contributed by atoms with Crippen molar-refractivity contribution in [3.8, 4) is 5.75 Å². The van der Waals surface area contributed by atoms with Crippen LogP contribution in [0.1, 0.15) is 44.1 Å². The first-order chi connectivity index (χ1) is 12.9. The van der Waals surface area contributed by atoms with Crippen molar-refractivity contribution in [2.75, 3.05) is 32.7 Å². The molecule has 1 aromatic rings. The van der Waals surface area contributed by atoms with Crippen molar-refractivity contribution in [2.24, 2.45) is 5.41 Å². The van der Waals surface area contributed by atoms with Crippen molar-refractivity contribution in [3.05, 3.63) is 29.6 Å². The van der Waals surface area contributed by atoms with E-state index in [4.69, 9.17) is 0 Å². The number of nitrogens with one attached hydrogen (secondary N) is 2. The molecule has 0 spiro atoms. The fourth-order valence-electron chi connectivity index (χ4n) is 3.99. The van der Waals surface area contributed by atoms with Crippen LogP contribution in [0.15, 0.2) is 18.2 Å². The van der Waals surface area contributed by atoms with Crippen LogP contribution in [-0.4, -0.2) is 54.5 Å². The first kappa shape index (κ1) is 19.6. The van der Waals surface area contributed by atoms with E-state index < -0.39 is 17.6 Å². The number of phenols is 1. The Morgan fingerprint density at radius 3 is 2.78 bits per heavy atom. The Bertz CT molecular complexity index is 683. The first-order valence-corrected chi connectivity index (χ1v) is 9.64. The predicted molar refractivity (Wildman–Crippen MR) is 99.8 cm³/mol. The molecule has 0 aromatic heterocycles. The summed E-state index contributed by atoms with van der Waals surface area (Å²) in [4.78, 5) is 26.5. The molecule has 0 radical (unpaired) electrons. The van der Waals surface area contributed by atoms with E-state index >= 15 is 0 Å². The van der Waals surface area contributed by atoms with Crippen LogP contribution in [0.4, 0.5) is 4.39 Å². The number of benzene rings is 1. The second-order valence-electron chi connectivity index (χ2n) is 8.08. The molecule has 1 atom stereocenters. The highest BCUT2D eigenvalue weighted by Gasteiger charge is 2.31. The van der Waals surface area contributed by atoms with Gasteiger partial charge in [-0.05, 0) is 61.9 Å². The van der Waals surface area contributed by atoms with Crippen molar-refractivity contribution in [1.29, 1.82) is 0 Å². The Morgan fingerprint density at radius 1 is 1.33 bits per heavy atom. The zero-order valence-electron chi connectivity index (χ0n) is 15.8. The second-order valence-corrected chi connectivity index (χ2v) is 8.08. The van der Waals surface area contributed by atoms with Crippen molar-refractivity contribution in [2.45, 2.75) is 38.5 Å². The number of nitrogens with zero attached hydrogens (tertiary/aromatic N) is 1. The number of rotatable bonds is 3. The Hall–Kier alpha value is -2.15. The molecule has 27 heavy (non-hydrogen) atoms. The van der Waals surface area contributed by atoms with E-state index in [1.807, 2.05) is 0 Å². The number of likely N-dealkylation sites (tertiary alicyclic amines) is 1. The number of amides is 2. The van der Waals surface area contributed by atoms with Gasteiger partial charge in [-0.3, -0.25) is 9.59 Å². The summed E-state index contributed by atoms with van der Waals surface area (Å²) in [6.07, 6.45) is 3.47. The summed E-state index contributed by atoms with van der Waals surface area (Å²) in [5.74, 6) is -1.81. The molecule has 3 rings (SSSR count). The van der Waals surface area contributed by atoms with Crippen LogP contribution in [0.3, 0.4) is 0 Å². The summed E-state index contributed by atoms with van der Waals surface area (Å²) in [7, 11) is 0. The normalized spacial score (nSPS) is 22.3. The molecule has 2 fully saturated rings. The van der Waals surface area contributed by atoms with Gasteiger partial charge in [0.25, 0.3) is 0 Å². The van der Waals surface area contributed by atoms with Crippen molar-refractivity contribution >= 4 is 11.8 Å². The number of hydrogen-bond donors (Lipinski definition) is 3. The predicted octanol–water partition coefficient (Wildman–Crippen LogP) is 1.74.